The SMILES string of the molecule is CCCNC(Cc1ccc(Br)cc1Cl)C1(C)CCCC1. The molecule has 1 nitrogen and oxygen atoms in total. The van der Waals surface area contributed by atoms with Gasteiger partial charge in [0.2, 0.25) is 0 Å². The molecular weight excluding hydrogens is 334 g/mol. The van der Waals surface area contributed by atoms with Crippen LogP contribution in [0.3, 0.4) is 0 Å². The van der Waals surface area contributed by atoms with Gasteiger partial charge < -0.3 is 5.32 Å². The summed E-state index contributed by atoms with van der Waals surface area (Å²) in [6.45, 7) is 5.77. The molecule has 3 heteroatoms. The lowest BCUT2D eigenvalue weighted by Crippen LogP contribution is -2.44. The van der Waals surface area contributed by atoms with Gasteiger partial charge in [-0.2, -0.15) is 0 Å². The Hall–Kier alpha value is -0.0500. The summed E-state index contributed by atoms with van der Waals surface area (Å²) in [6.07, 6.45) is 7.62. The molecule has 1 aromatic rings. The lowest BCUT2D eigenvalue weighted by Gasteiger charge is -2.35. The molecule has 1 aliphatic rings. The average Bonchev–Trinajstić information content (AvgIpc) is 2.84. The topological polar surface area (TPSA) is 12.0 Å². The minimum absolute atomic E-state index is 0.422. The molecule has 112 valence electrons. The number of hydrogen-bond acceptors (Lipinski definition) is 1. The molecule has 2 rings (SSSR count). The fourth-order valence-corrected chi connectivity index (χ4v) is 4.07. The van der Waals surface area contributed by atoms with Crippen molar-refractivity contribution in [2.75, 3.05) is 6.54 Å². The van der Waals surface area contributed by atoms with Gasteiger partial charge >= 0.3 is 0 Å². The van der Waals surface area contributed by atoms with Crippen molar-refractivity contribution in [2.45, 2.75) is 58.4 Å². The summed E-state index contributed by atoms with van der Waals surface area (Å²) in [5.41, 5.74) is 1.68. The molecule has 1 N–H and O–H groups in total. The first-order valence-electron chi connectivity index (χ1n) is 7.72. The fourth-order valence-electron chi connectivity index (χ4n) is 3.32. The molecule has 20 heavy (non-hydrogen) atoms. The van der Waals surface area contributed by atoms with Crippen molar-refractivity contribution in [3.05, 3.63) is 33.3 Å². The Morgan fingerprint density at radius 2 is 2.05 bits per heavy atom. The quantitative estimate of drug-likeness (QED) is 0.698. The minimum atomic E-state index is 0.422. The first-order chi connectivity index (χ1) is 9.55. The largest absolute Gasteiger partial charge is 0.313 e. The van der Waals surface area contributed by atoms with Gasteiger partial charge in [-0.3, -0.25) is 0 Å². The number of hydrogen-bond donors (Lipinski definition) is 1. The molecule has 1 saturated carbocycles. The summed E-state index contributed by atoms with van der Waals surface area (Å²) in [7, 11) is 0. The van der Waals surface area contributed by atoms with E-state index >= 15 is 0 Å². The third-order valence-corrected chi connectivity index (χ3v) is 5.51. The third kappa shape index (κ3) is 3.99. The van der Waals surface area contributed by atoms with E-state index in [2.05, 4.69) is 47.2 Å². The molecule has 1 unspecified atom stereocenters. The van der Waals surface area contributed by atoms with Crippen LogP contribution in [0.15, 0.2) is 22.7 Å². The number of rotatable bonds is 6. The molecule has 0 heterocycles. The van der Waals surface area contributed by atoms with E-state index in [4.69, 9.17) is 11.6 Å². The van der Waals surface area contributed by atoms with Gasteiger partial charge in [-0.05, 0) is 55.3 Å². The zero-order valence-corrected chi connectivity index (χ0v) is 14.9. The summed E-state index contributed by atoms with van der Waals surface area (Å²) in [6, 6.07) is 6.79. The van der Waals surface area contributed by atoms with E-state index < -0.39 is 0 Å². The Bertz CT molecular complexity index is 441. The standard InChI is InChI=1S/C17H25BrClN/c1-3-10-20-16(17(2)8-4-5-9-17)11-13-6-7-14(18)12-15(13)19/h6-7,12,16,20H,3-5,8-11H2,1-2H3. The van der Waals surface area contributed by atoms with E-state index in [0.717, 1.165) is 22.5 Å². The van der Waals surface area contributed by atoms with Crippen molar-refractivity contribution in [2.24, 2.45) is 5.41 Å². The lowest BCUT2D eigenvalue weighted by molar-refractivity contribution is 0.219. The smallest absolute Gasteiger partial charge is 0.0449 e. The lowest BCUT2D eigenvalue weighted by atomic mass is 9.77. The highest BCUT2D eigenvalue weighted by atomic mass is 79.9. The van der Waals surface area contributed by atoms with Crippen LogP contribution in [-0.4, -0.2) is 12.6 Å². The van der Waals surface area contributed by atoms with Crippen LogP contribution in [0, 0.1) is 5.41 Å². The maximum absolute atomic E-state index is 6.40. The average molecular weight is 359 g/mol. The molecular formula is C17H25BrClN. The van der Waals surface area contributed by atoms with E-state index in [1.54, 1.807) is 0 Å². The van der Waals surface area contributed by atoms with Crippen molar-refractivity contribution < 1.29 is 0 Å². The molecule has 0 radical (unpaired) electrons. The van der Waals surface area contributed by atoms with Gasteiger partial charge in [0.05, 0.1) is 0 Å². The number of halogens is 2. The highest BCUT2D eigenvalue weighted by Crippen LogP contribution is 2.42. The van der Waals surface area contributed by atoms with Crippen LogP contribution in [0.2, 0.25) is 5.02 Å². The Kier molecular flexibility index (Phi) is 5.95. The van der Waals surface area contributed by atoms with Gasteiger partial charge in [-0.1, -0.05) is 60.3 Å². The first-order valence-corrected chi connectivity index (χ1v) is 8.89. The molecule has 1 atom stereocenters. The molecule has 1 fully saturated rings. The van der Waals surface area contributed by atoms with Crippen molar-refractivity contribution in [3.8, 4) is 0 Å². The van der Waals surface area contributed by atoms with Crippen molar-refractivity contribution in [3.63, 3.8) is 0 Å². The normalized spacial score (nSPS) is 19.2. The van der Waals surface area contributed by atoms with E-state index in [9.17, 15) is 0 Å². The fraction of sp³-hybridized carbons (Fsp3) is 0.647. The van der Waals surface area contributed by atoms with Crippen LogP contribution < -0.4 is 5.32 Å². The summed E-state index contributed by atoms with van der Waals surface area (Å²) < 4.78 is 1.05. The van der Waals surface area contributed by atoms with E-state index in [1.165, 1.54) is 37.7 Å². The van der Waals surface area contributed by atoms with Gasteiger partial charge in [-0.25, -0.2) is 0 Å². The van der Waals surface area contributed by atoms with Crippen LogP contribution in [0.1, 0.15) is 51.5 Å². The molecule has 0 aliphatic heterocycles. The highest BCUT2D eigenvalue weighted by Gasteiger charge is 2.36. The number of benzene rings is 1. The summed E-state index contributed by atoms with van der Waals surface area (Å²) in [4.78, 5) is 0. The van der Waals surface area contributed by atoms with Crippen LogP contribution in [0.25, 0.3) is 0 Å². The minimum Gasteiger partial charge on any atom is -0.313 e. The maximum atomic E-state index is 6.40. The predicted octanol–water partition coefficient (Wildman–Crippen LogP) is 5.59. The summed E-state index contributed by atoms with van der Waals surface area (Å²) >= 11 is 9.88. The van der Waals surface area contributed by atoms with Gasteiger partial charge in [0.25, 0.3) is 0 Å². The number of nitrogens with one attached hydrogen (secondary N) is 1. The van der Waals surface area contributed by atoms with E-state index in [-0.39, 0.29) is 0 Å². The first kappa shape index (κ1) is 16.3. The third-order valence-electron chi connectivity index (χ3n) is 4.67. The monoisotopic (exact) mass is 357 g/mol. The van der Waals surface area contributed by atoms with Crippen molar-refractivity contribution in [1.29, 1.82) is 0 Å². The Balaban J connectivity index is 2.14. The van der Waals surface area contributed by atoms with Crippen molar-refractivity contribution >= 4 is 27.5 Å². The molecule has 1 aliphatic carbocycles. The van der Waals surface area contributed by atoms with Crippen LogP contribution >= 0.6 is 27.5 Å². The van der Waals surface area contributed by atoms with Gasteiger partial charge in [0, 0.05) is 15.5 Å². The van der Waals surface area contributed by atoms with E-state index in [1.807, 2.05) is 6.07 Å². The van der Waals surface area contributed by atoms with Crippen molar-refractivity contribution in [1.82, 2.24) is 5.32 Å². The summed E-state index contributed by atoms with van der Waals surface area (Å²) in [5.74, 6) is 0. The molecule has 1 aromatic carbocycles. The second-order valence-electron chi connectivity index (χ2n) is 6.31. The predicted molar refractivity (Wildman–Crippen MR) is 91.5 cm³/mol. The zero-order chi connectivity index (χ0) is 14.6. The summed E-state index contributed by atoms with van der Waals surface area (Å²) in [5, 5.41) is 4.65. The van der Waals surface area contributed by atoms with Crippen LogP contribution in [0.5, 0.6) is 0 Å². The maximum Gasteiger partial charge on any atom is 0.0449 e. The Morgan fingerprint density at radius 3 is 2.65 bits per heavy atom. The van der Waals surface area contributed by atoms with Crippen LogP contribution in [-0.2, 0) is 6.42 Å². The molecule has 0 amide bonds. The Labute approximate surface area is 136 Å². The van der Waals surface area contributed by atoms with Gasteiger partial charge in [0.1, 0.15) is 0 Å². The van der Waals surface area contributed by atoms with Gasteiger partial charge in [0.15, 0.2) is 0 Å². The second-order valence-corrected chi connectivity index (χ2v) is 7.63. The second kappa shape index (κ2) is 7.29. The highest BCUT2D eigenvalue weighted by molar-refractivity contribution is 9.10. The van der Waals surface area contributed by atoms with Crippen LogP contribution in [0.4, 0.5) is 0 Å². The molecule has 0 aromatic heterocycles. The Morgan fingerprint density at radius 1 is 1.35 bits per heavy atom. The van der Waals surface area contributed by atoms with Gasteiger partial charge in [-0.15, -0.1) is 0 Å². The molecule has 0 spiro atoms. The molecule has 0 saturated heterocycles. The van der Waals surface area contributed by atoms with E-state index in [0.29, 0.717) is 11.5 Å². The molecule has 0 bridgehead atoms. The zero-order valence-electron chi connectivity index (χ0n) is 12.5.